The first-order valence-electron chi connectivity index (χ1n) is 2.74. The third kappa shape index (κ3) is 4.08. The summed E-state index contributed by atoms with van der Waals surface area (Å²) in [5.74, 6) is 0.579. The molecule has 1 rings (SSSR count). The Morgan fingerprint density at radius 3 is 2.82 bits per heavy atom. The van der Waals surface area contributed by atoms with Gasteiger partial charge in [0, 0.05) is 4.90 Å². The first-order valence-corrected chi connectivity index (χ1v) is 3.19. The van der Waals surface area contributed by atoms with Gasteiger partial charge in [-0.2, -0.15) is 0 Å². The molecular formula is C6H7BNaO2S. The molecule has 0 heterocycles. The quantitative estimate of drug-likeness (QED) is 0.404. The fraction of sp³-hybridized carbons (Fsp3) is 0. The third-order valence-electron chi connectivity index (χ3n) is 1.01. The maximum Gasteiger partial charge on any atom is 1.00 e. The largest absolute Gasteiger partial charge is 1.00 e. The van der Waals surface area contributed by atoms with Gasteiger partial charge in [0.15, 0.2) is 0 Å². The molecule has 1 N–H and O–H groups in total. The number of rotatable bonds is 2. The molecule has 0 aliphatic carbocycles. The molecule has 1 radical (unpaired) electrons. The van der Waals surface area contributed by atoms with Crippen LogP contribution in [0.25, 0.3) is 0 Å². The Morgan fingerprint density at radius 2 is 2.27 bits per heavy atom. The molecule has 53 valence electrons. The van der Waals surface area contributed by atoms with Crippen molar-refractivity contribution >= 4 is 20.3 Å². The molecule has 0 saturated heterocycles. The second-order valence-electron chi connectivity index (χ2n) is 1.72. The van der Waals surface area contributed by atoms with Gasteiger partial charge in [0.1, 0.15) is 5.75 Å². The molecule has 0 aliphatic heterocycles. The summed E-state index contributed by atoms with van der Waals surface area (Å²) in [4.78, 5) is 0.805. The van der Waals surface area contributed by atoms with Gasteiger partial charge < -0.3 is 11.1 Å². The molecule has 0 unspecified atom stereocenters. The molecule has 0 fully saturated rings. The van der Waals surface area contributed by atoms with E-state index in [1.807, 2.05) is 6.07 Å². The van der Waals surface area contributed by atoms with Crippen LogP contribution in [0.3, 0.4) is 0 Å². The van der Waals surface area contributed by atoms with Gasteiger partial charge in [-0.1, -0.05) is 6.07 Å². The maximum absolute atomic E-state index is 8.24. The van der Waals surface area contributed by atoms with E-state index in [-0.39, 0.29) is 31.0 Å². The van der Waals surface area contributed by atoms with Gasteiger partial charge in [-0.15, -0.1) is 12.6 Å². The molecule has 0 spiro atoms. The summed E-state index contributed by atoms with van der Waals surface area (Å²) < 4.78 is 4.67. The molecule has 0 aliphatic rings. The Hall–Kier alpha value is 0.395. The van der Waals surface area contributed by atoms with Crippen molar-refractivity contribution in [1.29, 1.82) is 0 Å². The van der Waals surface area contributed by atoms with Crippen LogP contribution in [0.1, 0.15) is 1.43 Å². The predicted octanol–water partition coefficient (Wildman–Crippen LogP) is -2.00. The van der Waals surface area contributed by atoms with Crippen molar-refractivity contribution < 1.29 is 40.7 Å². The first kappa shape index (κ1) is 11.4. The Bertz CT molecular complexity index is 226. The van der Waals surface area contributed by atoms with Crippen LogP contribution in [-0.2, 0) is 0 Å². The summed E-state index contributed by atoms with van der Waals surface area (Å²) in [6.07, 6.45) is 0. The van der Waals surface area contributed by atoms with Crippen LogP contribution in [0, 0.1) is 0 Å². The molecule has 0 amide bonds. The first-order chi connectivity index (χ1) is 4.83. The summed E-state index contributed by atoms with van der Waals surface area (Å²) in [6, 6.07) is 7.05. The molecule has 2 nitrogen and oxygen atoms in total. The van der Waals surface area contributed by atoms with Gasteiger partial charge >= 0.3 is 37.2 Å². The zero-order valence-corrected chi connectivity index (χ0v) is 9.08. The third-order valence-corrected chi connectivity index (χ3v) is 1.28. The minimum Gasteiger partial charge on any atom is -1.00 e. The molecule has 0 aromatic heterocycles. The van der Waals surface area contributed by atoms with Crippen LogP contribution in [0.2, 0.25) is 0 Å². The smallest absolute Gasteiger partial charge is 1.00 e. The molecule has 5 heteroatoms. The van der Waals surface area contributed by atoms with Crippen LogP contribution in [0.5, 0.6) is 5.75 Å². The van der Waals surface area contributed by atoms with Gasteiger partial charge in [-0.3, -0.25) is 0 Å². The minimum atomic E-state index is 0. The van der Waals surface area contributed by atoms with Gasteiger partial charge in [0.2, 0.25) is 0 Å². The van der Waals surface area contributed by atoms with Crippen molar-refractivity contribution in [2.75, 3.05) is 0 Å². The summed E-state index contributed by atoms with van der Waals surface area (Å²) >= 11 is 4.07. The zero-order valence-electron chi connectivity index (χ0n) is 7.19. The summed E-state index contributed by atoms with van der Waals surface area (Å²) in [7, 11) is 0.641. The Balaban J connectivity index is 0. The normalized spacial score (nSPS) is 8.18. The average Bonchev–Trinajstić information content (AvgIpc) is 1.88. The van der Waals surface area contributed by atoms with Crippen LogP contribution >= 0.6 is 12.6 Å². The number of benzene rings is 1. The standard InChI is InChI=1S/C6H6BO2S.Na.H/c8-7-9-5-2-1-3-6(10)4-5;;/h1-4,8,10H;;/q;+1;-1. The van der Waals surface area contributed by atoms with Crippen LogP contribution in [-0.4, -0.2) is 12.7 Å². The summed E-state index contributed by atoms with van der Waals surface area (Å²) in [6.45, 7) is 0. The summed E-state index contributed by atoms with van der Waals surface area (Å²) in [5, 5.41) is 8.24. The van der Waals surface area contributed by atoms with Crippen molar-refractivity contribution in [3.8, 4) is 5.75 Å². The van der Waals surface area contributed by atoms with Crippen molar-refractivity contribution in [3.05, 3.63) is 24.3 Å². The zero-order chi connectivity index (χ0) is 7.40. The van der Waals surface area contributed by atoms with Gasteiger partial charge in [0.25, 0.3) is 0 Å². The van der Waals surface area contributed by atoms with Crippen LogP contribution in [0.15, 0.2) is 29.2 Å². The Morgan fingerprint density at radius 1 is 1.55 bits per heavy atom. The second-order valence-corrected chi connectivity index (χ2v) is 2.24. The van der Waals surface area contributed by atoms with Crippen LogP contribution < -0.4 is 34.2 Å². The minimum absolute atomic E-state index is 0. The molecule has 0 bridgehead atoms. The van der Waals surface area contributed by atoms with E-state index in [1.165, 1.54) is 0 Å². The van der Waals surface area contributed by atoms with Crippen molar-refractivity contribution in [1.82, 2.24) is 0 Å². The number of thiol groups is 1. The molecule has 0 atom stereocenters. The summed E-state index contributed by atoms with van der Waals surface area (Å²) in [5.41, 5.74) is 0. The van der Waals surface area contributed by atoms with Crippen LogP contribution in [0.4, 0.5) is 0 Å². The number of hydrogen-bond donors (Lipinski definition) is 2. The van der Waals surface area contributed by atoms with E-state index < -0.39 is 0 Å². The average molecular weight is 177 g/mol. The van der Waals surface area contributed by atoms with Crippen molar-refractivity contribution in [3.63, 3.8) is 0 Å². The van der Waals surface area contributed by atoms with Crippen molar-refractivity contribution in [2.24, 2.45) is 0 Å². The maximum atomic E-state index is 8.24. The molecule has 11 heavy (non-hydrogen) atoms. The van der Waals surface area contributed by atoms with Gasteiger partial charge in [-0.25, -0.2) is 0 Å². The van der Waals surface area contributed by atoms with Gasteiger partial charge in [-0.05, 0) is 18.2 Å². The van der Waals surface area contributed by atoms with Crippen molar-refractivity contribution in [2.45, 2.75) is 4.90 Å². The number of hydrogen-bond acceptors (Lipinski definition) is 3. The Kier molecular flexibility index (Phi) is 6.19. The molecule has 1 aromatic rings. The fourth-order valence-corrected chi connectivity index (χ4v) is 0.831. The van der Waals surface area contributed by atoms with E-state index in [9.17, 15) is 0 Å². The van der Waals surface area contributed by atoms with E-state index in [4.69, 9.17) is 5.02 Å². The molecule has 1 aromatic carbocycles. The van der Waals surface area contributed by atoms with E-state index in [2.05, 4.69) is 17.3 Å². The second kappa shape index (κ2) is 5.97. The monoisotopic (exact) mass is 177 g/mol. The Labute approximate surface area is 95.4 Å². The topological polar surface area (TPSA) is 29.5 Å². The van der Waals surface area contributed by atoms with E-state index in [0.29, 0.717) is 13.4 Å². The SMILES string of the molecule is O[B]Oc1cccc(S)c1.[H-].[Na+]. The molecule has 0 saturated carbocycles. The fourth-order valence-electron chi connectivity index (χ4n) is 0.618. The molecular weight excluding hydrogens is 170 g/mol. The predicted molar refractivity (Wildman–Crippen MR) is 43.4 cm³/mol. The van der Waals surface area contributed by atoms with E-state index >= 15 is 0 Å². The van der Waals surface area contributed by atoms with Gasteiger partial charge in [0.05, 0.1) is 0 Å². The van der Waals surface area contributed by atoms with E-state index in [1.54, 1.807) is 18.2 Å². The van der Waals surface area contributed by atoms with E-state index in [0.717, 1.165) is 4.90 Å².